The lowest BCUT2D eigenvalue weighted by molar-refractivity contribution is 0.0697. The van der Waals surface area contributed by atoms with Gasteiger partial charge in [0.15, 0.2) is 0 Å². The predicted molar refractivity (Wildman–Crippen MR) is 66.3 cm³/mol. The average molecular weight is 240 g/mol. The number of aromatic carboxylic acids is 1. The zero-order chi connectivity index (χ0) is 12.8. The lowest BCUT2D eigenvalue weighted by Crippen LogP contribution is -2.25. The molecule has 0 atom stereocenters. The van der Waals surface area contributed by atoms with Gasteiger partial charge < -0.3 is 15.7 Å². The molecule has 0 aliphatic rings. The van der Waals surface area contributed by atoms with Crippen LogP contribution in [0, 0.1) is 0 Å². The number of nitrogen functional groups attached to an aromatic ring is 1. The number of benzene rings is 1. The molecule has 3 N–H and O–H groups in total. The smallest absolute Gasteiger partial charge is 0.335 e. The molecule has 0 aliphatic heterocycles. The second-order valence-corrected chi connectivity index (χ2v) is 3.70. The van der Waals surface area contributed by atoms with Crippen molar-refractivity contribution in [3.63, 3.8) is 0 Å². The first-order chi connectivity index (χ1) is 8.10. The van der Waals surface area contributed by atoms with Crippen molar-refractivity contribution >= 4 is 17.3 Å². The highest BCUT2D eigenvalue weighted by molar-refractivity contribution is 5.90. The molecule has 1 aromatic carbocycles. The number of hydrogen-bond acceptors (Lipinski definition) is 3. The summed E-state index contributed by atoms with van der Waals surface area (Å²) in [6.07, 6.45) is 0.438. The fourth-order valence-electron chi connectivity index (χ4n) is 1.68. The Kier molecular flexibility index (Phi) is 4.75. The molecule has 0 fully saturated rings. The highest BCUT2D eigenvalue weighted by Gasteiger charge is 2.10. The third kappa shape index (κ3) is 3.34. The van der Waals surface area contributed by atoms with Gasteiger partial charge >= 0.3 is 5.97 Å². The number of anilines is 2. The molecule has 17 heavy (non-hydrogen) atoms. The minimum absolute atomic E-state index is 0.160. The van der Waals surface area contributed by atoms with E-state index in [-0.39, 0.29) is 12.2 Å². The van der Waals surface area contributed by atoms with Crippen molar-refractivity contribution in [3.05, 3.63) is 23.8 Å². The van der Waals surface area contributed by atoms with E-state index in [1.807, 2.05) is 11.8 Å². The molecule has 94 valence electrons. The van der Waals surface area contributed by atoms with Crippen LogP contribution in [0.5, 0.6) is 0 Å². The van der Waals surface area contributed by atoms with Gasteiger partial charge in [0.05, 0.1) is 23.6 Å². The van der Waals surface area contributed by atoms with Gasteiger partial charge in [-0.15, -0.1) is 0 Å². The van der Waals surface area contributed by atoms with E-state index in [2.05, 4.69) is 0 Å². The summed E-state index contributed by atoms with van der Waals surface area (Å²) in [5.41, 5.74) is 7.13. The zero-order valence-corrected chi connectivity index (χ0v) is 9.82. The molecule has 0 aliphatic carbocycles. The van der Waals surface area contributed by atoms with Crippen LogP contribution in [0.1, 0.15) is 23.7 Å². The molecule has 0 amide bonds. The van der Waals surface area contributed by atoms with Gasteiger partial charge in [-0.3, -0.25) is 4.39 Å². The van der Waals surface area contributed by atoms with Crippen molar-refractivity contribution in [2.45, 2.75) is 13.3 Å². The molecular formula is C12H17FN2O2. The molecule has 4 nitrogen and oxygen atoms in total. The largest absolute Gasteiger partial charge is 0.478 e. The topological polar surface area (TPSA) is 66.6 Å². The number of carboxylic acid groups (broad SMARTS) is 1. The maximum atomic E-state index is 12.1. The first-order valence-electron chi connectivity index (χ1n) is 5.53. The summed E-state index contributed by atoms with van der Waals surface area (Å²) in [6, 6.07) is 4.60. The maximum absolute atomic E-state index is 12.1. The van der Waals surface area contributed by atoms with Crippen LogP contribution in [0.4, 0.5) is 15.8 Å². The van der Waals surface area contributed by atoms with E-state index >= 15 is 0 Å². The molecule has 1 rings (SSSR count). The Morgan fingerprint density at radius 1 is 1.53 bits per heavy atom. The summed E-state index contributed by atoms with van der Waals surface area (Å²) < 4.78 is 12.1. The molecule has 0 bridgehead atoms. The van der Waals surface area contributed by atoms with Crippen LogP contribution in [0.25, 0.3) is 0 Å². The van der Waals surface area contributed by atoms with Crippen molar-refractivity contribution in [1.29, 1.82) is 0 Å². The van der Waals surface area contributed by atoms with Crippen LogP contribution >= 0.6 is 0 Å². The minimum atomic E-state index is -1.00. The summed E-state index contributed by atoms with van der Waals surface area (Å²) in [6.45, 7) is 2.85. The van der Waals surface area contributed by atoms with Gasteiger partial charge in [0, 0.05) is 13.1 Å². The van der Waals surface area contributed by atoms with E-state index in [9.17, 15) is 9.18 Å². The van der Waals surface area contributed by atoms with Gasteiger partial charge in [0.2, 0.25) is 0 Å². The number of hydrogen-bond donors (Lipinski definition) is 2. The molecule has 0 saturated heterocycles. The van der Waals surface area contributed by atoms with Crippen molar-refractivity contribution in [1.82, 2.24) is 0 Å². The number of rotatable bonds is 6. The summed E-state index contributed by atoms with van der Waals surface area (Å²) in [4.78, 5) is 12.7. The molecular weight excluding hydrogens is 223 g/mol. The van der Waals surface area contributed by atoms with Crippen LogP contribution in [0.2, 0.25) is 0 Å². The first-order valence-corrected chi connectivity index (χ1v) is 5.53. The van der Waals surface area contributed by atoms with E-state index in [4.69, 9.17) is 10.8 Å². The number of carboxylic acids is 1. The van der Waals surface area contributed by atoms with Gasteiger partial charge in [0.1, 0.15) is 0 Å². The summed E-state index contributed by atoms with van der Waals surface area (Å²) in [7, 11) is 0. The zero-order valence-electron chi connectivity index (χ0n) is 9.82. The van der Waals surface area contributed by atoms with Crippen molar-refractivity contribution in [2.75, 3.05) is 30.4 Å². The number of carbonyl (C=O) groups is 1. The van der Waals surface area contributed by atoms with Crippen molar-refractivity contribution in [2.24, 2.45) is 0 Å². The van der Waals surface area contributed by atoms with E-state index in [0.29, 0.717) is 25.2 Å². The van der Waals surface area contributed by atoms with Crippen LogP contribution in [0.3, 0.4) is 0 Å². The fraction of sp³-hybridized carbons (Fsp3) is 0.417. The second kappa shape index (κ2) is 6.08. The Bertz CT molecular complexity index is 396. The molecule has 0 aromatic heterocycles. The van der Waals surface area contributed by atoms with Crippen molar-refractivity contribution in [3.8, 4) is 0 Å². The highest BCUT2D eigenvalue weighted by Crippen LogP contribution is 2.24. The van der Waals surface area contributed by atoms with Gasteiger partial charge in [0.25, 0.3) is 0 Å². The van der Waals surface area contributed by atoms with E-state index < -0.39 is 5.97 Å². The Balaban J connectivity index is 2.92. The Hall–Kier alpha value is -1.78. The average Bonchev–Trinajstić information content (AvgIpc) is 2.31. The maximum Gasteiger partial charge on any atom is 0.335 e. The van der Waals surface area contributed by atoms with E-state index in [1.54, 1.807) is 6.07 Å². The molecule has 5 heteroatoms. The lowest BCUT2D eigenvalue weighted by atomic mass is 10.1. The van der Waals surface area contributed by atoms with Crippen LogP contribution < -0.4 is 10.6 Å². The van der Waals surface area contributed by atoms with Gasteiger partial charge in [-0.2, -0.15) is 0 Å². The molecule has 0 saturated carbocycles. The van der Waals surface area contributed by atoms with Crippen LogP contribution in [-0.2, 0) is 0 Å². The third-order valence-electron chi connectivity index (χ3n) is 2.56. The SMILES string of the molecule is CCN(CCCF)c1ccc(C(=O)O)cc1N. The van der Waals surface area contributed by atoms with Gasteiger partial charge in [-0.25, -0.2) is 4.79 Å². The number of nitrogens with two attached hydrogens (primary N) is 1. The van der Waals surface area contributed by atoms with Gasteiger partial charge in [-0.1, -0.05) is 0 Å². The normalized spacial score (nSPS) is 10.2. The number of alkyl halides is 1. The predicted octanol–water partition coefficient (Wildman–Crippen LogP) is 2.15. The van der Waals surface area contributed by atoms with Crippen molar-refractivity contribution < 1.29 is 14.3 Å². The number of halogens is 1. The molecule has 0 spiro atoms. The minimum Gasteiger partial charge on any atom is -0.478 e. The quantitative estimate of drug-likeness (QED) is 0.748. The molecule has 1 aromatic rings. The van der Waals surface area contributed by atoms with Gasteiger partial charge in [-0.05, 0) is 31.5 Å². The second-order valence-electron chi connectivity index (χ2n) is 3.70. The lowest BCUT2D eigenvalue weighted by Gasteiger charge is -2.24. The van der Waals surface area contributed by atoms with Crippen LogP contribution in [-0.4, -0.2) is 30.8 Å². The third-order valence-corrected chi connectivity index (χ3v) is 2.56. The Morgan fingerprint density at radius 3 is 2.71 bits per heavy atom. The monoisotopic (exact) mass is 240 g/mol. The Labute approximate surface area is 99.8 Å². The standard InChI is InChI=1S/C12H17FN2O2/c1-2-15(7-3-6-13)11-5-4-9(12(16)17)8-10(11)14/h4-5,8H,2-3,6-7,14H2,1H3,(H,16,17). The van der Waals surface area contributed by atoms with Crippen LogP contribution in [0.15, 0.2) is 18.2 Å². The molecule has 0 radical (unpaired) electrons. The molecule has 0 heterocycles. The summed E-state index contributed by atoms with van der Waals surface area (Å²) >= 11 is 0. The fourth-order valence-corrected chi connectivity index (χ4v) is 1.68. The summed E-state index contributed by atoms with van der Waals surface area (Å²) in [5, 5.41) is 8.82. The Morgan fingerprint density at radius 2 is 2.24 bits per heavy atom. The van der Waals surface area contributed by atoms with E-state index in [1.165, 1.54) is 12.1 Å². The number of nitrogens with zero attached hydrogens (tertiary/aromatic N) is 1. The van der Waals surface area contributed by atoms with E-state index in [0.717, 1.165) is 5.69 Å². The highest BCUT2D eigenvalue weighted by atomic mass is 19.1. The molecule has 0 unspecified atom stereocenters. The summed E-state index contributed by atoms with van der Waals surface area (Å²) in [5.74, 6) is -1.00. The first kappa shape index (κ1) is 13.3.